The number of hydrogen-bond donors (Lipinski definition) is 2. The van der Waals surface area contributed by atoms with E-state index in [1.54, 1.807) is 25.3 Å². The van der Waals surface area contributed by atoms with Crippen molar-refractivity contribution in [3.05, 3.63) is 59.7 Å². The Balaban J connectivity index is 1.86. The molecule has 0 heterocycles. The number of methoxy groups -OCH3 is 1. The zero-order valence-corrected chi connectivity index (χ0v) is 16.8. The lowest BCUT2D eigenvalue weighted by atomic mass is 10.0. The van der Waals surface area contributed by atoms with Gasteiger partial charge in [0.05, 0.1) is 13.7 Å². The Bertz CT molecular complexity index is 787. The standard InChI is InChI=1S/C22H28N2O4/c1-15(2)20(24-21(25)17-11-9-16(3)10-12-17)22(26)23-13-14-28-19-8-6-5-7-18(19)27-4/h5-12,15,20H,13-14H2,1-4H3,(H,23,26)(H,24,25). The molecule has 1 atom stereocenters. The Labute approximate surface area is 166 Å². The first-order chi connectivity index (χ1) is 13.4. The maximum atomic E-state index is 12.5. The number of carbonyl (C=O) groups is 2. The molecule has 0 saturated carbocycles. The molecule has 2 N–H and O–H groups in total. The lowest BCUT2D eigenvalue weighted by Gasteiger charge is -2.22. The van der Waals surface area contributed by atoms with E-state index in [2.05, 4.69) is 10.6 Å². The quantitative estimate of drug-likeness (QED) is 0.652. The van der Waals surface area contributed by atoms with E-state index in [1.165, 1.54) is 0 Å². The molecule has 0 spiro atoms. The summed E-state index contributed by atoms with van der Waals surface area (Å²) in [7, 11) is 1.58. The normalized spacial score (nSPS) is 11.6. The molecule has 0 aliphatic carbocycles. The number of aryl methyl sites for hydroxylation is 1. The van der Waals surface area contributed by atoms with Gasteiger partial charge in [0, 0.05) is 5.56 Å². The van der Waals surface area contributed by atoms with E-state index in [0.29, 0.717) is 30.2 Å². The van der Waals surface area contributed by atoms with E-state index in [-0.39, 0.29) is 17.7 Å². The van der Waals surface area contributed by atoms with Crippen LogP contribution in [0.1, 0.15) is 29.8 Å². The van der Waals surface area contributed by atoms with Gasteiger partial charge in [-0.15, -0.1) is 0 Å². The summed E-state index contributed by atoms with van der Waals surface area (Å²) < 4.78 is 10.9. The van der Waals surface area contributed by atoms with Gasteiger partial charge in [-0.25, -0.2) is 0 Å². The molecule has 0 fully saturated rings. The number of rotatable bonds is 9. The summed E-state index contributed by atoms with van der Waals surface area (Å²) in [6.45, 7) is 6.36. The van der Waals surface area contributed by atoms with E-state index < -0.39 is 6.04 Å². The topological polar surface area (TPSA) is 76.7 Å². The largest absolute Gasteiger partial charge is 0.493 e. The van der Waals surface area contributed by atoms with Gasteiger partial charge >= 0.3 is 0 Å². The second-order valence-corrected chi connectivity index (χ2v) is 6.85. The van der Waals surface area contributed by atoms with Crippen LogP contribution in [0.25, 0.3) is 0 Å². The molecular weight excluding hydrogens is 356 g/mol. The highest BCUT2D eigenvalue weighted by molar-refractivity contribution is 5.97. The Morgan fingerprint density at radius 1 is 1.00 bits per heavy atom. The number of para-hydroxylation sites is 2. The van der Waals surface area contributed by atoms with E-state index in [0.717, 1.165) is 5.56 Å². The molecule has 0 radical (unpaired) electrons. The lowest BCUT2D eigenvalue weighted by Crippen LogP contribution is -2.50. The van der Waals surface area contributed by atoms with Crippen LogP contribution in [0.2, 0.25) is 0 Å². The molecule has 2 aromatic carbocycles. The van der Waals surface area contributed by atoms with Crippen molar-refractivity contribution < 1.29 is 19.1 Å². The molecule has 2 rings (SSSR count). The molecule has 28 heavy (non-hydrogen) atoms. The van der Waals surface area contributed by atoms with Gasteiger partial charge < -0.3 is 20.1 Å². The minimum absolute atomic E-state index is 0.0514. The Kier molecular flexibility index (Phi) is 7.87. The summed E-state index contributed by atoms with van der Waals surface area (Å²) >= 11 is 0. The summed E-state index contributed by atoms with van der Waals surface area (Å²) in [5.41, 5.74) is 1.60. The van der Waals surface area contributed by atoms with Gasteiger partial charge in [0.15, 0.2) is 11.5 Å². The number of carbonyl (C=O) groups excluding carboxylic acids is 2. The summed E-state index contributed by atoms with van der Waals surface area (Å²) in [6, 6.07) is 13.9. The predicted molar refractivity (Wildman–Crippen MR) is 109 cm³/mol. The Morgan fingerprint density at radius 2 is 1.64 bits per heavy atom. The zero-order valence-electron chi connectivity index (χ0n) is 16.8. The molecule has 6 heteroatoms. The molecule has 0 aliphatic rings. The van der Waals surface area contributed by atoms with Crippen LogP contribution in [0.4, 0.5) is 0 Å². The molecule has 150 valence electrons. The third kappa shape index (κ3) is 6.01. The second-order valence-electron chi connectivity index (χ2n) is 6.85. The maximum absolute atomic E-state index is 12.5. The highest BCUT2D eigenvalue weighted by Gasteiger charge is 2.24. The summed E-state index contributed by atoms with van der Waals surface area (Å²) in [6.07, 6.45) is 0. The summed E-state index contributed by atoms with van der Waals surface area (Å²) in [5, 5.41) is 5.64. The van der Waals surface area contributed by atoms with Crippen LogP contribution in [0.5, 0.6) is 11.5 Å². The van der Waals surface area contributed by atoms with Crippen molar-refractivity contribution in [2.24, 2.45) is 5.92 Å². The molecule has 1 unspecified atom stereocenters. The molecule has 0 saturated heterocycles. The summed E-state index contributed by atoms with van der Waals surface area (Å²) in [4.78, 5) is 25.0. The van der Waals surface area contributed by atoms with Crippen LogP contribution >= 0.6 is 0 Å². The van der Waals surface area contributed by atoms with Crippen LogP contribution in [0, 0.1) is 12.8 Å². The van der Waals surface area contributed by atoms with Crippen molar-refractivity contribution in [2.75, 3.05) is 20.3 Å². The van der Waals surface area contributed by atoms with Gasteiger partial charge in [0.25, 0.3) is 5.91 Å². The fraction of sp³-hybridized carbons (Fsp3) is 0.364. The Hall–Kier alpha value is -3.02. The van der Waals surface area contributed by atoms with Crippen molar-refractivity contribution in [3.63, 3.8) is 0 Å². The fourth-order valence-electron chi connectivity index (χ4n) is 2.65. The van der Waals surface area contributed by atoms with Gasteiger partial charge in [-0.1, -0.05) is 43.7 Å². The minimum atomic E-state index is -0.625. The van der Waals surface area contributed by atoms with Crippen LogP contribution in [-0.4, -0.2) is 38.1 Å². The van der Waals surface area contributed by atoms with Gasteiger partial charge in [0.2, 0.25) is 5.91 Å². The zero-order chi connectivity index (χ0) is 20.5. The molecule has 2 aromatic rings. The van der Waals surface area contributed by atoms with Crippen LogP contribution in [0.3, 0.4) is 0 Å². The first-order valence-corrected chi connectivity index (χ1v) is 9.33. The van der Waals surface area contributed by atoms with E-state index in [1.807, 2.05) is 51.1 Å². The number of nitrogens with one attached hydrogen (secondary N) is 2. The average molecular weight is 384 g/mol. The van der Waals surface area contributed by atoms with Crippen LogP contribution in [0.15, 0.2) is 48.5 Å². The Morgan fingerprint density at radius 3 is 2.25 bits per heavy atom. The van der Waals surface area contributed by atoms with Crippen molar-refractivity contribution in [2.45, 2.75) is 26.8 Å². The molecular formula is C22H28N2O4. The van der Waals surface area contributed by atoms with Crippen molar-refractivity contribution in [3.8, 4) is 11.5 Å². The van der Waals surface area contributed by atoms with E-state index >= 15 is 0 Å². The molecule has 0 aliphatic heterocycles. The van der Waals surface area contributed by atoms with Gasteiger partial charge in [-0.3, -0.25) is 9.59 Å². The average Bonchev–Trinajstić information content (AvgIpc) is 2.69. The highest BCUT2D eigenvalue weighted by Crippen LogP contribution is 2.25. The highest BCUT2D eigenvalue weighted by atomic mass is 16.5. The first kappa shape index (κ1) is 21.3. The van der Waals surface area contributed by atoms with Crippen LogP contribution in [-0.2, 0) is 4.79 Å². The van der Waals surface area contributed by atoms with Crippen molar-refractivity contribution in [1.82, 2.24) is 10.6 Å². The first-order valence-electron chi connectivity index (χ1n) is 9.33. The fourth-order valence-corrected chi connectivity index (χ4v) is 2.65. The third-order valence-electron chi connectivity index (χ3n) is 4.28. The van der Waals surface area contributed by atoms with Gasteiger partial charge in [-0.05, 0) is 37.1 Å². The van der Waals surface area contributed by atoms with Crippen molar-refractivity contribution >= 4 is 11.8 Å². The molecule has 0 aromatic heterocycles. The monoisotopic (exact) mass is 384 g/mol. The maximum Gasteiger partial charge on any atom is 0.251 e. The number of ether oxygens (including phenoxy) is 2. The molecule has 2 amide bonds. The third-order valence-corrected chi connectivity index (χ3v) is 4.28. The molecule has 0 bridgehead atoms. The van der Waals surface area contributed by atoms with Gasteiger partial charge in [0.1, 0.15) is 12.6 Å². The van der Waals surface area contributed by atoms with E-state index in [4.69, 9.17) is 9.47 Å². The minimum Gasteiger partial charge on any atom is -0.493 e. The lowest BCUT2D eigenvalue weighted by molar-refractivity contribution is -0.124. The SMILES string of the molecule is COc1ccccc1OCCNC(=O)C(NC(=O)c1ccc(C)cc1)C(C)C. The number of amides is 2. The smallest absolute Gasteiger partial charge is 0.251 e. The van der Waals surface area contributed by atoms with E-state index in [9.17, 15) is 9.59 Å². The molecule has 6 nitrogen and oxygen atoms in total. The second kappa shape index (κ2) is 10.3. The summed E-state index contributed by atoms with van der Waals surface area (Å²) in [5.74, 6) is 0.703. The van der Waals surface area contributed by atoms with Crippen LogP contribution < -0.4 is 20.1 Å². The number of benzene rings is 2. The number of hydrogen-bond acceptors (Lipinski definition) is 4. The predicted octanol–water partition coefficient (Wildman–Crippen LogP) is 2.95. The van der Waals surface area contributed by atoms with Crippen molar-refractivity contribution in [1.29, 1.82) is 0 Å². The van der Waals surface area contributed by atoms with Gasteiger partial charge in [-0.2, -0.15) is 0 Å².